The second-order valence-corrected chi connectivity index (χ2v) is 8.14. The molecule has 0 saturated heterocycles. The van der Waals surface area contributed by atoms with Crippen LogP contribution in [0.5, 0.6) is 0 Å². The highest BCUT2D eigenvalue weighted by Gasteiger charge is 2.42. The molecule has 1 atom stereocenters. The summed E-state index contributed by atoms with van der Waals surface area (Å²) in [6, 6.07) is 15.8. The molecule has 1 aliphatic heterocycles. The molecule has 2 aromatic carbocycles. The van der Waals surface area contributed by atoms with Crippen molar-refractivity contribution in [3.05, 3.63) is 88.2 Å². The summed E-state index contributed by atoms with van der Waals surface area (Å²) < 4.78 is 0. The third kappa shape index (κ3) is 5.47. The van der Waals surface area contributed by atoms with Gasteiger partial charge >= 0.3 is 0 Å². The number of hydrogen-bond acceptors (Lipinski definition) is 4. The van der Waals surface area contributed by atoms with Gasteiger partial charge in [0.05, 0.1) is 11.6 Å². The molecule has 1 N–H and O–H groups in total. The predicted octanol–water partition coefficient (Wildman–Crippen LogP) is 5.05. The molecule has 0 fully saturated rings. The molecule has 168 valence electrons. The van der Waals surface area contributed by atoms with Gasteiger partial charge < -0.3 is 14.9 Å². The molecule has 0 aromatic heterocycles. The van der Waals surface area contributed by atoms with E-state index < -0.39 is 23.5 Å². The number of aliphatic hydroxyl groups is 1. The van der Waals surface area contributed by atoms with Crippen LogP contribution >= 0.6 is 11.6 Å². The van der Waals surface area contributed by atoms with Crippen LogP contribution < -0.4 is 0 Å². The molecule has 32 heavy (non-hydrogen) atoms. The van der Waals surface area contributed by atoms with Crippen molar-refractivity contribution in [2.75, 3.05) is 26.2 Å². The third-order valence-electron chi connectivity index (χ3n) is 5.73. The Labute approximate surface area is 194 Å². The number of benzene rings is 2. The number of nitrogens with zero attached hydrogens (tertiary/aromatic N) is 2. The van der Waals surface area contributed by atoms with E-state index in [1.807, 2.05) is 36.4 Å². The summed E-state index contributed by atoms with van der Waals surface area (Å²) in [7, 11) is 0. The minimum Gasteiger partial charge on any atom is -0.503 e. The van der Waals surface area contributed by atoms with E-state index in [1.54, 1.807) is 29.2 Å². The van der Waals surface area contributed by atoms with Gasteiger partial charge in [0.1, 0.15) is 0 Å². The number of carbonyl (C=O) groups is 2. The van der Waals surface area contributed by atoms with Crippen LogP contribution in [0.25, 0.3) is 6.08 Å². The highest BCUT2D eigenvalue weighted by molar-refractivity contribution is 6.30. The number of carbonyl (C=O) groups excluding carboxylic acids is 2. The van der Waals surface area contributed by atoms with E-state index in [0.717, 1.165) is 31.6 Å². The molecule has 0 bridgehead atoms. The first-order chi connectivity index (χ1) is 15.5. The first-order valence-corrected chi connectivity index (χ1v) is 11.3. The summed E-state index contributed by atoms with van der Waals surface area (Å²) in [5.74, 6) is -1.40. The fourth-order valence-electron chi connectivity index (χ4n) is 3.99. The summed E-state index contributed by atoms with van der Waals surface area (Å²) in [5.41, 5.74) is 1.65. The zero-order valence-electron chi connectivity index (χ0n) is 18.5. The Hall–Kier alpha value is -2.89. The lowest BCUT2D eigenvalue weighted by molar-refractivity contribution is -0.129. The lowest BCUT2D eigenvalue weighted by atomic mass is 9.95. The fraction of sp³-hybridized carbons (Fsp3) is 0.308. The van der Waals surface area contributed by atoms with Crippen molar-refractivity contribution in [1.82, 2.24) is 9.80 Å². The zero-order chi connectivity index (χ0) is 23.1. The molecule has 1 unspecified atom stereocenters. The maximum absolute atomic E-state index is 13.1. The highest BCUT2D eigenvalue weighted by atomic mass is 35.5. The van der Waals surface area contributed by atoms with Gasteiger partial charge in [-0.1, -0.05) is 74.0 Å². The van der Waals surface area contributed by atoms with Crippen LogP contribution in [0, 0.1) is 0 Å². The van der Waals surface area contributed by atoms with Gasteiger partial charge in [-0.25, -0.2) is 0 Å². The lowest BCUT2D eigenvalue weighted by Gasteiger charge is -2.28. The summed E-state index contributed by atoms with van der Waals surface area (Å²) in [6.07, 6.45) is 3.83. The minimum atomic E-state index is -0.675. The molecule has 1 amide bonds. The molecule has 0 radical (unpaired) electrons. The summed E-state index contributed by atoms with van der Waals surface area (Å²) in [6.45, 7) is 7.32. The van der Waals surface area contributed by atoms with Crippen LogP contribution in [0.2, 0.25) is 5.02 Å². The lowest BCUT2D eigenvalue weighted by Crippen LogP contribution is -2.34. The van der Waals surface area contributed by atoms with E-state index in [1.165, 1.54) is 6.08 Å². The Bertz CT molecular complexity index is 1010. The maximum Gasteiger partial charge on any atom is 0.290 e. The largest absolute Gasteiger partial charge is 0.503 e. The van der Waals surface area contributed by atoms with Crippen molar-refractivity contribution in [2.45, 2.75) is 26.3 Å². The monoisotopic (exact) mass is 452 g/mol. The van der Waals surface area contributed by atoms with Gasteiger partial charge in [0, 0.05) is 11.6 Å². The highest BCUT2D eigenvalue weighted by Crippen LogP contribution is 2.38. The molecule has 1 heterocycles. The standard InChI is InChI=1S/C26H29ClN2O3/c1-3-28(4-2)16-9-17-29-24(20-12-8-13-21(27)18-20)23(25(31)26(29)32)22(30)15-14-19-10-6-5-7-11-19/h5-8,10-15,18,24,31H,3-4,9,16-17H2,1-2H3. The van der Waals surface area contributed by atoms with Crippen molar-refractivity contribution in [2.24, 2.45) is 0 Å². The van der Waals surface area contributed by atoms with Crippen LogP contribution in [0.4, 0.5) is 0 Å². The van der Waals surface area contributed by atoms with Crippen LogP contribution in [-0.4, -0.2) is 52.8 Å². The first kappa shape index (κ1) is 23.8. The summed E-state index contributed by atoms with van der Waals surface area (Å²) in [5, 5.41) is 11.2. The van der Waals surface area contributed by atoms with Gasteiger partial charge in [-0.2, -0.15) is 0 Å². The van der Waals surface area contributed by atoms with Crippen molar-refractivity contribution < 1.29 is 14.7 Å². The van der Waals surface area contributed by atoms with E-state index in [4.69, 9.17) is 11.6 Å². The number of allylic oxidation sites excluding steroid dienone is 1. The van der Waals surface area contributed by atoms with Crippen LogP contribution in [0.15, 0.2) is 72.0 Å². The smallest absolute Gasteiger partial charge is 0.290 e. The third-order valence-corrected chi connectivity index (χ3v) is 5.96. The summed E-state index contributed by atoms with van der Waals surface area (Å²) >= 11 is 6.21. The topological polar surface area (TPSA) is 60.9 Å². The average molecular weight is 453 g/mol. The van der Waals surface area contributed by atoms with Crippen LogP contribution in [-0.2, 0) is 9.59 Å². The fourth-order valence-corrected chi connectivity index (χ4v) is 4.19. The number of hydrogen-bond donors (Lipinski definition) is 1. The van der Waals surface area contributed by atoms with Gasteiger partial charge in [0.2, 0.25) is 0 Å². The van der Waals surface area contributed by atoms with E-state index in [2.05, 4.69) is 18.7 Å². The normalized spacial score (nSPS) is 16.6. The quantitative estimate of drug-likeness (QED) is 0.512. The Kier molecular flexibility index (Phi) is 8.26. The molecule has 6 heteroatoms. The minimum absolute atomic E-state index is 0.0901. The van der Waals surface area contributed by atoms with E-state index in [-0.39, 0.29) is 5.57 Å². The number of aliphatic hydroxyl groups excluding tert-OH is 1. The van der Waals surface area contributed by atoms with Crippen molar-refractivity contribution >= 4 is 29.4 Å². The molecule has 0 saturated carbocycles. The molecule has 1 aliphatic rings. The van der Waals surface area contributed by atoms with Gasteiger partial charge in [-0.15, -0.1) is 0 Å². The molecule has 0 aliphatic carbocycles. The maximum atomic E-state index is 13.1. The Morgan fingerprint density at radius 1 is 1.12 bits per heavy atom. The SMILES string of the molecule is CCN(CC)CCCN1C(=O)C(O)=C(C(=O)C=Cc2ccccc2)C1c1cccc(Cl)c1. The number of amides is 1. The van der Waals surface area contributed by atoms with Gasteiger partial charge in [-0.05, 0) is 55.4 Å². The predicted molar refractivity (Wildman–Crippen MR) is 128 cm³/mol. The van der Waals surface area contributed by atoms with Gasteiger partial charge in [-0.3, -0.25) is 9.59 Å². The Morgan fingerprint density at radius 3 is 2.50 bits per heavy atom. The number of ketones is 1. The van der Waals surface area contributed by atoms with E-state index >= 15 is 0 Å². The molecular weight excluding hydrogens is 424 g/mol. The first-order valence-electron chi connectivity index (χ1n) is 11.0. The second kappa shape index (κ2) is 11.1. The van der Waals surface area contributed by atoms with Crippen molar-refractivity contribution in [3.8, 4) is 0 Å². The van der Waals surface area contributed by atoms with Crippen molar-refractivity contribution in [1.29, 1.82) is 0 Å². The van der Waals surface area contributed by atoms with Crippen LogP contribution in [0.3, 0.4) is 0 Å². The second-order valence-electron chi connectivity index (χ2n) is 7.71. The van der Waals surface area contributed by atoms with E-state index in [0.29, 0.717) is 17.1 Å². The van der Waals surface area contributed by atoms with Crippen LogP contribution in [0.1, 0.15) is 37.4 Å². The zero-order valence-corrected chi connectivity index (χ0v) is 19.3. The number of rotatable bonds is 10. The van der Waals surface area contributed by atoms with Crippen molar-refractivity contribution in [3.63, 3.8) is 0 Å². The summed E-state index contributed by atoms with van der Waals surface area (Å²) in [4.78, 5) is 30.0. The Morgan fingerprint density at radius 2 is 1.84 bits per heavy atom. The Balaban J connectivity index is 1.90. The number of halogens is 1. The average Bonchev–Trinajstić information content (AvgIpc) is 3.06. The molecular formula is C26H29ClN2O3. The van der Waals surface area contributed by atoms with Gasteiger partial charge in [0.25, 0.3) is 5.91 Å². The molecule has 3 rings (SSSR count). The van der Waals surface area contributed by atoms with Gasteiger partial charge in [0.15, 0.2) is 11.5 Å². The molecule has 0 spiro atoms. The molecule has 5 nitrogen and oxygen atoms in total. The molecule has 2 aromatic rings. The van der Waals surface area contributed by atoms with E-state index in [9.17, 15) is 14.7 Å².